The van der Waals surface area contributed by atoms with E-state index in [1.165, 1.54) is 5.56 Å². The maximum atomic E-state index is 11.4. The van der Waals surface area contributed by atoms with Crippen molar-refractivity contribution in [1.82, 2.24) is 5.32 Å². The Morgan fingerprint density at radius 3 is 2.67 bits per heavy atom. The predicted molar refractivity (Wildman–Crippen MR) is 64.0 cm³/mol. The van der Waals surface area contributed by atoms with E-state index in [9.17, 15) is 4.79 Å². The number of halogens is 1. The second-order valence-corrected chi connectivity index (χ2v) is 4.90. The van der Waals surface area contributed by atoms with Crippen LogP contribution < -0.4 is 5.32 Å². The number of nitrogens with one attached hydrogen (secondary N) is 1. The molecule has 1 fully saturated rings. The number of benzene rings is 1. The van der Waals surface area contributed by atoms with E-state index in [1.807, 2.05) is 12.1 Å². The molecule has 1 saturated heterocycles. The van der Waals surface area contributed by atoms with Gasteiger partial charge in [0.05, 0.1) is 6.04 Å². The highest BCUT2D eigenvalue weighted by atomic mass is 79.9. The summed E-state index contributed by atoms with van der Waals surface area (Å²) in [5, 5.41) is 3.26. The minimum atomic E-state index is 0.00572. The van der Waals surface area contributed by atoms with Crippen LogP contribution in [-0.4, -0.2) is 18.4 Å². The second-order valence-electron chi connectivity index (χ2n) is 3.99. The Morgan fingerprint density at radius 1 is 1.40 bits per heavy atom. The molecular formula is C12H14BrNO. The lowest BCUT2D eigenvalue weighted by molar-refractivity contribution is -0.118. The number of Topliss-reactive ketones (excluding diaryl/α,β-unsaturated/α-hetero) is 1. The zero-order chi connectivity index (χ0) is 10.8. The molecule has 0 aromatic heterocycles. The summed E-state index contributed by atoms with van der Waals surface area (Å²) < 4.78 is 1.08. The first-order valence-electron chi connectivity index (χ1n) is 5.18. The molecule has 2 unspecified atom stereocenters. The lowest BCUT2D eigenvalue weighted by Gasteiger charge is -2.17. The molecule has 0 saturated carbocycles. The fourth-order valence-electron chi connectivity index (χ4n) is 2.20. The number of carbonyl (C=O) groups is 1. The normalized spacial score (nSPS) is 25.5. The molecule has 0 spiro atoms. The zero-order valence-electron chi connectivity index (χ0n) is 8.66. The quantitative estimate of drug-likeness (QED) is 0.892. The summed E-state index contributed by atoms with van der Waals surface area (Å²) in [4.78, 5) is 11.4. The number of hydrogen-bond acceptors (Lipinski definition) is 2. The SMILES string of the molecule is CC(=O)C1NCCC1c1ccc(Br)cc1. The largest absolute Gasteiger partial charge is 0.307 e. The molecule has 1 aromatic carbocycles. The van der Waals surface area contributed by atoms with Crippen molar-refractivity contribution in [3.63, 3.8) is 0 Å². The fourth-order valence-corrected chi connectivity index (χ4v) is 2.46. The Labute approximate surface area is 98.2 Å². The predicted octanol–water partition coefficient (Wildman–Crippen LogP) is 2.48. The Balaban J connectivity index is 2.22. The minimum Gasteiger partial charge on any atom is -0.307 e. The zero-order valence-corrected chi connectivity index (χ0v) is 10.3. The smallest absolute Gasteiger partial charge is 0.147 e. The van der Waals surface area contributed by atoms with Gasteiger partial charge < -0.3 is 5.32 Å². The summed E-state index contributed by atoms with van der Waals surface area (Å²) in [5.41, 5.74) is 1.25. The average Bonchev–Trinajstić information content (AvgIpc) is 2.67. The summed E-state index contributed by atoms with van der Waals surface area (Å²) in [6.07, 6.45) is 1.05. The molecule has 1 aromatic rings. The van der Waals surface area contributed by atoms with Gasteiger partial charge in [-0.15, -0.1) is 0 Å². The van der Waals surface area contributed by atoms with Crippen molar-refractivity contribution >= 4 is 21.7 Å². The molecule has 1 N–H and O–H groups in total. The Kier molecular flexibility index (Phi) is 3.22. The van der Waals surface area contributed by atoms with Crippen LogP contribution in [-0.2, 0) is 4.79 Å². The van der Waals surface area contributed by atoms with Crippen molar-refractivity contribution in [3.8, 4) is 0 Å². The summed E-state index contributed by atoms with van der Waals surface area (Å²) >= 11 is 3.42. The first-order valence-corrected chi connectivity index (χ1v) is 5.97. The third kappa shape index (κ3) is 2.29. The molecular weight excluding hydrogens is 254 g/mol. The molecule has 2 nitrogen and oxygen atoms in total. The van der Waals surface area contributed by atoms with Gasteiger partial charge in [-0.05, 0) is 37.6 Å². The lowest BCUT2D eigenvalue weighted by atomic mass is 9.90. The van der Waals surface area contributed by atoms with Crippen molar-refractivity contribution in [2.75, 3.05) is 6.54 Å². The molecule has 2 atom stereocenters. The van der Waals surface area contributed by atoms with Gasteiger partial charge in [0.15, 0.2) is 0 Å². The van der Waals surface area contributed by atoms with Gasteiger partial charge in [-0.2, -0.15) is 0 Å². The lowest BCUT2D eigenvalue weighted by Crippen LogP contribution is -2.32. The summed E-state index contributed by atoms with van der Waals surface area (Å²) in [6.45, 7) is 2.60. The maximum Gasteiger partial charge on any atom is 0.147 e. The molecule has 1 aliphatic heterocycles. The Bertz CT molecular complexity index is 360. The van der Waals surface area contributed by atoms with E-state index in [0.717, 1.165) is 17.4 Å². The molecule has 3 heteroatoms. The maximum absolute atomic E-state index is 11.4. The Morgan fingerprint density at radius 2 is 2.07 bits per heavy atom. The van der Waals surface area contributed by atoms with Crippen LogP contribution in [0, 0.1) is 0 Å². The van der Waals surface area contributed by atoms with Crippen LogP contribution in [0.3, 0.4) is 0 Å². The summed E-state index contributed by atoms with van der Waals surface area (Å²) in [7, 11) is 0. The van der Waals surface area contributed by atoms with Crippen molar-refractivity contribution < 1.29 is 4.79 Å². The van der Waals surface area contributed by atoms with Gasteiger partial charge in [0.1, 0.15) is 5.78 Å². The van der Waals surface area contributed by atoms with Crippen LogP contribution in [0.5, 0.6) is 0 Å². The first-order chi connectivity index (χ1) is 7.18. The molecule has 15 heavy (non-hydrogen) atoms. The van der Waals surface area contributed by atoms with Gasteiger partial charge in [-0.3, -0.25) is 4.79 Å². The number of carbonyl (C=O) groups excluding carboxylic acids is 1. The van der Waals surface area contributed by atoms with Crippen LogP contribution >= 0.6 is 15.9 Å². The molecule has 2 rings (SSSR count). The van der Waals surface area contributed by atoms with Crippen LogP contribution in [0.25, 0.3) is 0 Å². The van der Waals surface area contributed by atoms with E-state index in [1.54, 1.807) is 6.92 Å². The van der Waals surface area contributed by atoms with E-state index >= 15 is 0 Å². The van der Waals surface area contributed by atoms with Crippen LogP contribution in [0.2, 0.25) is 0 Å². The van der Waals surface area contributed by atoms with Crippen LogP contribution in [0.15, 0.2) is 28.7 Å². The van der Waals surface area contributed by atoms with Crippen LogP contribution in [0.4, 0.5) is 0 Å². The summed E-state index contributed by atoms with van der Waals surface area (Å²) in [5.74, 6) is 0.580. The van der Waals surface area contributed by atoms with Gasteiger partial charge in [0, 0.05) is 10.4 Å². The highest BCUT2D eigenvalue weighted by molar-refractivity contribution is 9.10. The van der Waals surface area contributed by atoms with E-state index in [-0.39, 0.29) is 11.8 Å². The van der Waals surface area contributed by atoms with E-state index in [0.29, 0.717) is 5.92 Å². The third-order valence-electron chi connectivity index (χ3n) is 2.96. The third-order valence-corrected chi connectivity index (χ3v) is 3.49. The topological polar surface area (TPSA) is 29.1 Å². The van der Waals surface area contributed by atoms with Gasteiger partial charge in [-0.1, -0.05) is 28.1 Å². The van der Waals surface area contributed by atoms with Crippen molar-refractivity contribution in [2.24, 2.45) is 0 Å². The minimum absolute atomic E-state index is 0.00572. The van der Waals surface area contributed by atoms with E-state index in [2.05, 4.69) is 33.4 Å². The number of hydrogen-bond donors (Lipinski definition) is 1. The molecule has 0 amide bonds. The monoisotopic (exact) mass is 267 g/mol. The molecule has 1 aliphatic rings. The van der Waals surface area contributed by atoms with Gasteiger partial charge in [0.2, 0.25) is 0 Å². The van der Waals surface area contributed by atoms with Crippen molar-refractivity contribution in [3.05, 3.63) is 34.3 Å². The number of rotatable bonds is 2. The first kappa shape index (κ1) is 10.8. The molecule has 0 bridgehead atoms. The van der Waals surface area contributed by atoms with Crippen LogP contribution in [0.1, 0.15) is 24.8 Å². The highest BCUT2D eigenvalue weighted by Gasteiger charge is 2.31. The summed E-state index contributed by atoms with van der Waals surface area (Å²) in [6, 6.07) is 8.26. The second kappa shape index (κ2) is 4.45. The van der Waals surface area contributed by atoms with Crippen molar-refractivity contribution in [1.29, 1.82) is 0 Å². The molecule has 1 heterocycles. The Hall–Kier alpha value is -0.670. The van der Waals surface area contributed by atoms with E-state index in [4.69, 9.17) is 0 Å². The highest BCUT2D eigenvalue weighted by Crippen LogP contribution is 2.28. The van der Waals surface area contributed by atoms with Gasteiger partial charge in [-0.25, -0.2) is 0 Å². The van der Waals surface area contributed by atoms with Gasteiger partial charge in [0.25, 0.3) is 0 Å². The fraction of sp³-hybridized carbons (Fsp3) is 0.417. The van der Waals surface area contributed by atoms with Gasteiger partial charge >= 0.3 is 0 Å². The van der Waals surface area contributed by atoms with E-state index < -0.39 is 0 Å². The molecule has 0 aliphatic carbocycles. The molecule has 0 radical (unpaired) electrons. The average molecular weight is 268 g/mol. The molecule has 80 valence electrons. The number of ketones is 1. The standard InChI is InChI=1S/C12H14BrNO/c1-8(15)12-11(6-7-14-12)9-2-4-10(13)5-3-9/h2-5,11-12,14H,6-7H2,1H3. The van der Waals surface area contributed by atoms with Crippen molar-refractivity contribution in [2.45, 2.75) is 25.3 Å².